The van der Waals surface area contributed by atoms with Crippen molar-refractivity contribution in [2.24, 2.45) is 5.92 Å². The van der Waals surface area contributed by atoms with Gasteiger partial charge in [0.2, 0.25) is 0 Å². The normalized spacial score (nSPS) is 11.6. The smallest absolute Gasteiger partial charge is 0.305 e. The first-order valence-corrected chi connectivity index (χ1v) is 22.8. The molecule has 0 bridgehead atoms. The summed E-state index contributed by atoms with van der Waals surface area (Å²) in [5.41, 5.74) is 0. The van der Waals surface area contributed by atoms with Gasteiger partial charge in [-0.1, -0.05) is 258 Å². The third kappa shape index (κ3) is 43.5. The van der Waals surface area contributed by atoms with Crippen LogP contribution in [0.3, 0.4) is 0 Å². The van der Waals surface area contributed by atoms with E-state index in [1.54, 1.807) is 0 Å². The predicted octanol–water partition coefficient (Wildman–Crippen LogP) is 16.8. The number of hydrogen-bond donors (Lipinski definition) is 0. The standard InChI is InChI=1S/C46H92O2/c1-4-5-6-7-8-9-10-11-12-13-14-15-16-17-18-19-20-21-22-23-26-29-32-35-38-41-44-48-46(47)43-40-37-34-31-28-25-24-27-30-33-36-39-42-45(2)3/h45H,4-44H2,1-3H3. The Morgan fingerprint density at radius 2 is 0.604 bits per heavy atom. The molecule has 0 aliphatic heterocycles. The fourth-order valence-electron chi connectivity index (χ4n) is 7.27. The Morgan fingerprint density at radius 3 is 0.896 bits per heavy atom. The Bertz CT molecular complexity index is 585. The SMILES string of the molecule is CCCCCCCCCCCCCCCCCCCCCCCCCCCCOC(=O)CCCCCCCCCCCCCCC(C)C. The third-order valence-electron chi connectivity index (χ3n) is 10.7. The maximum absolute atomic E-state index is 12.0. The van der Waals surface area contributed by atoms with E-state index in [2.05, 4.69) is 20.8 Å². The van der Waals surface area contributed by atoms with Gasteiger partial charge in [-0.05, 0) is 18.8 Å². The highest BCUT2D eigenvalue weighted by Gasteiger charge is 2.03. The van der Waals surface area contributed by atoms with Gasteiger partial charge in [0.1, 0.15) is 0 Å². The summed E-state index contributed by atoms with van der Waals surface area (Å²) in [6, 6.07) is 0. The van der Waals surface area contributed by atoms with Crippen molar-refractivity contribution in [2.45, 2.75) is 278 Å². The molecule has 0 N–H and O–H groups in total. The fourth-order valence-corrected chi connectivity index (χ4v) is 7.27. The molecule has 0 atom stereocenters. The Hall–Kier alpha value is -0.530. The number of carbonyl (C=O) groups excluding carboxylic acids is 1. The van der Waals surface area contributed by atoms with Crippen LogP contribution in [0.4, 0.5) is 0 Å². The lowest BCUT2D eigenvalue weighted by Gasteiger charge is -2.06. The van der Waals surface area contributed by atoms with E-state index in [9.17, 15) is 4.79 Å². The lowest BCUT2D eigenvalue weighted by molar-refractivity contribution is -0.143. The van der Waals surface area contributed by atoms with E-state index < -0.39 is 0 Å². The first-order chi connectivity index (χ1) is 23.7. The van der Waals surface area contributed by atoms with Crippen molar-refractivity contribution < 1.29 is 9.53 Å². The molecule has 288 valence electrons. The van der Waals surface area contributed by atoms with Crippen molar-refractivity contribution in [1.29, 1.82) is 0 Å². The zero-order valence-electron chi connectivity index (χ0n) is 33.9. The summed E-state index contributed by atoms with van der Waals surface area (Å²) in [6.07, 6.45) is 55.0. The van der Waals surface area contributed by atoms with Crippen LogP contribution in [0.5, 0.6) is 0 Å². The lowest BCUT2D eigenvalue weighted by Crippen LogP contribution is -2.05. The zero-order chi connectivity index (χ0) is 34.9. The summed E-state index contributed by atoms with van der Waals surface area (Å²) in [4.78, 5) is 12.0. The number of hydrogen-bond acceptors (Lipinski definition) is 2. The number of ether oxygens (including phenoxy) is 1. The highest BCUT2D eigenvalue weighted by molar-refractivity contribution is 5.69. The van der Waals surface area contributed by atoms with Gasteiger partial charge in [0.15, 0.2) is 0 Å². The molecule has 0 rings (SSSR count). The van der Waals surface area contributed by atoms with E-state index in [1.807, 2.05) is 0 Å². The Labute approximate surface area is 304 Å². The van der Waals surface area contributed by atoms with Crippen molar-refractivity contribution >= 4 is 5.97 Å². The van der Waals surface area contributed by atoms with Crippen LogP contribution in [0.25, 0.3) is 0 Å². The van der Waals surface area contributed by atoms with Crippen LogP contribution in [0.1, 0.15) is 278 Å². The zero-order valence-corrected chi connectivity index (χ0v) is 33.9. The van der Waals surface area contributed by atoms with Crippen molar-refractivity contribution in [3.05, 3.63) is 0 Å². The highest BCUT2D eigenvalue weighted by atomic mass is 16.5. The quantitative estimate of drug-likeness (QED) is 0.0475. The monoisotopic (exact) mass is 677 g/mol. The molecule has 2 heteroatoms. The van der Waals surface area contributed by atoms with E-state index in [0.717, 1.165) is 18.8 Å². The molecule has 0 spiro atoms. The lowest BCUT2D eigenvalue weighted by atomic mass is 10.0. The molecule has 0 saturated carbocycles. The van der Waals surface area contributed by atoms with Crippen molar-refractivity contribution in [1.82, 2.24) is 0 Å². The van der Waals surface area contributed by atoms with Crippen LogP contribution < -0.4 is 0 Å². The number of carbonyl (C=O) groups is 1. The summed E-state index contributed by atoms with van der Waals surface area (Å²) in [5.74, 6) is 0.899. The second kappa shape index (κ2) is 42.6. The van der Waals surface area contributed by atoms with Gasteiger partial charge >= 0.3 is 5.97 Å². The Morgan fingerprint density at radius 1 is 0.354 bits per heavy atom. The molecular weight excluding hydrogens is 585 g/mol. The topological polar surface area (TPSA) is 26.3 Å². The van der Waals surface area contributed by atoms with E-state index >= 15 is 0 Å². The van der Waals surface area contributed by atoms with E-state index in [4.69, 9.17) is 4.74 Å². The summed E-state index contributed by atoms with van der Waals surface area (Å²) in [7, 11) is 0. The number of rotatable bonds is 42. The predicted molar refractivity (Wildman–Crippen MR) is 216 cm³/mol. The van der Waals surface area contributed by atoms with E-state index in [1.165, 1.54) is 238 Å². The molecule has 0 aromatic rings. The Balaban J connectivity index is 3.14. The molecule has 0 aromatic heterocycles. The van der Waals surface area contributed by atoms with Gasteiger partial charge in [0, 0.05) is 6.42 Å². The number of unbranched alkanes of at least 4 members (excludes halogenated alkanes) is 36. The van der Waals surface area contributed by atoms with Crippen molar-refractivity contribution in [3.8, 4) is 0 Å². The van der Waals surface area contributed by atoms with Gasteiger partial charge in [-0.3, -0.25) is 4.79 Å². The molecule has 0 aliphatic carbocycles. The molecule has 0 aliphatic rings. The molecule has 0 unspecified atom stereocenters. The summed E-state index contributed by atoms with van der Waals surface area (Å²) in [5, 5.41) is 0. The molecule has 48 heavy (non-hydrogen) atoms. The van der Waals surface area contributed by atoms with Crippen LogP contribution in [-0.2, 0) is 9.53 Å². The second-order valence-electron chi connectivity index (χ2n) is 16.2. The molecule has 2 nitrogen and oxygen atoms in total. The highest BCUT2D eigenvalue weighted by Crippen LogP contribution is 2.17. The Kier molecular flexibility index (Phi) is 42.2. The van der Waals surface area contributed by atoms with Crippen LogP contribution in [0, 0.1) is 5.92 Å². The summed E-state index contributed by atoms with van der Waals surface area (Å²) in [6.45, 7) is 7.60. The largest absolute Gasteiger partial charge is 0.466 e. The summed E-state index contributed by atoms with van der Waals surface area (Å²) < 4.78 is 5.48. The molecule has 0 radical (unpaired) electrons. The van der Waals surface area contributed by atoms with Crippen molar-refractivity contribution in [3.63, 3.8) is 0 Å². The van der Waals surface area contributed by atoms with Gasteiger partial charge in [0.05, 0.1) is 6.61 Å². The van der Waals surface area contributed by atoms with E-state index in [0.29, 0.717) is 13.0 Å². The van der Waals surface area contributed by atoms with Crippen LogP contribution in [0.2, 0.25) is 0 Å². The average Bonchev–Trinajstić information content (AvgIpc) is 3.08. The summed E-state index contributed by atoms with van der Waals surface area (Å²) >= 11 is 0. The van der Waals surface area contributed by atoms with Crippen LogP contribution in [-0.4, -0.2) is 12.6 Å². The molecule has 0 saturated heterocycles. The first-order valence-electron chi connectivity index (χ1n) is 22.8. The minimum atomic E-state index is 0.0305. The molecule has 0 amide bonds. The van der Waals surface area contributed by atoms with Crippen LogP contribution in [0.15, 0.2) is 0 Å². The third-order valence-corrected chi connectivity index (χ3v) is 10.7. The minimum absolute atomic E-state index is 0.0305. The van der Waals surface area contributed by atoms with Gasteiger partial charge in [0.25, 0.3) is 0 Å². The van der Waals surface area contributed by atoms with Gasteiger partial charge < -0.3 is 4.74 Å². The van der Waals surface area contributed by atoms with Crippen LogP contribution >= 0.6 is 0 Å². The van der Waals surface area contributed by atoms with Crippen molar-refractivity contribution in [2.75, 3.05) is 6.61 Å². The van der Waals surface area contributed by atoms with Gasteiger partial charge in [-0.15, -0.1) is 0 Å². The maximum atomic E-state index is 12.0. The maximum Gasteiger partial charge on any atom is 0.305 e. The molecular formula is C46H92O2. The average molecular weight is 677 g/mol. The molecule has 0 fully saturated rings. The second-order valence-corrected chi connectivity index (χ2v) is 16.2. The van der Waals surface area contributed by atoms with E-state index in [-0.39, 0.29) is 5.97 Å². The first kappa shape index (κ1) is 47.5. The molecule has 0 heterocycles. The van der Waals surface area contributed by atoms with Gasteiger partial charge in [-0.2, -0.15) is 0 Å². The fraction of sp³-hybridized carbons (Fsp3) is 0.978. The molecule has 0 aromatic carbocycles. The van der Waals surface area contributed by atoms with Gasteiger partial charge in [-0.25, -0.2) is 0 Å². The minimum Gasteiger partial charge on any atom is -0.466 e. The number of esters is 1.